The fourth-order valence-electron chi connectivity index (χ4n) is 2.45. The summed E-state index contributed by atoms with van der Waals surface area (Å²) in [5.74, 6) is -5.93. The van der Waals surface area contributed by atoms with Gasteiger partial charge in [0.15, 0.2) is 0 Å². The Morgan fingerprint density at radius 2 is 1.35 bits per heavy atom. The number of carbonyl (C=O) groups excluding carboxylic acids is 4. The fourth-order valence-corrected chi connectivity index (χ4v) is 2.45. The molecule has 0 saturated carbocycles. The zero-order chi connectivity index (χ0) is 24.3. The third-order valence-electron chi connectivity index (χ3n) is 4.11. The number of nitrogens with one attached hydrogen (secondary N) is 3. The van der Waals surface area contributed by atoms with Crippen LogP contribution in [0.15, 0.2) is 0 Å². The number of rotatable bonds is 14. The Kier molecular flexibility index (Phi) is 11.8. The van der Waals surface area contributed by atoms with Crippen molar-refractivity contribution in [2.45, 2.75) is 70.6 Å². The van der Waals surface area contributed by atoms with Crippen LogP contribution in [0, 0.1) is 5.92 Å². The highest BCUT2D eigenvalue weighted by molar-refractivity contribution is 5.96. The zero-order valence-electron chi connectivity index (χ0n) is 17.7. The molecule has 4 amide bonds. The van der Waals surface area contributed by atoms with Crippen LogP contribution in [0.4, 0.5) is 0 Å². The molecule has 176 valence electrons. The summed E-state index contributed by atoms with van der Waals surface area (Å²) in [6.07, 6.45) is -0.917. The first-order chi connectivity index (χ1) is 14.2. The summed E-state index contributed by atoms with van der Waals surface area (Å²) in [6.45, 7) is 4.75. The zero-order valence-corrected chi connectivity index (χ0v) is 17.7. The van der Waals surface area contributed by atoms with Gasteiger partial charge in [0.1, 0.15) is 18.1 Å². The van der Waals surface area contributed by atoms with E-state index in [1.807, 2.05) is 0 Å². The van der Waals surface area contributed by atoms with Crippen molar-refractivity contribution in [3.63, 3.8) is 0 Å². The van der Waals surface area contributed by atoms with E-state index < -0.39 is 66.2 Å². The number of hydrogen-bond donors (Lipinski definition) is 7. The lowest BCUT2D eigenvalue weighted by Crippen LogP contribution is -2.57. The minimum absolute atomic E-state index is 0.0678. The van der Waals surface area contributed by atoms with Crippen LogP contribution in [0.3, 0.4) is 0 Å². The molecule has 0 aliphatic rings. The summed E-state index contributed by atoms with van der Waals surface area (Å²) in [4.78, 5) is 70.1. The molecular weight excluding hydrogens is 414 g/mol. The standard InChI is InChI=1S/C18H31N5O8/c1-8(2)6-11(22-15(27)10(19)4-5-14(25)26)17(29)23-12(7-13(20)24)16(28)21-9(3)18(30)31/h8-12H,4-7,19H2,1-3H3,(H2,20,24)(H,21,28)(H,22,27)(H,23,29)(H,25,26)(H,30,31). The number of primary amides is 1. The highest BCUT2D eigenvalue weighted by Gasteiger charge is 2.30. The number of amides is 4. The minimum atomic E-state index is -1.46. The van der Waals surface area contributed by atoms with Gasteiger partial charge in [-0.05, 0) is 25.7 Å². The largest absolute Gasteiger partial charge is 0.481 e. The lowest BCUT2D eigenvalue weighted by molar-refractivity contribution is -0.142. The van der Waals surface area contributed by atoms with Gasteiger partial charge in [-0.25, -0.2) is 0 Å². The average Bonchev–Trinajstić information content (AvgIpc) is 2.63. The molecule has 13 heteroatoms. The molecule has 4 unspecified atom stereocenters. The molecule has 0 aliphatic carbocycles. The molecule has 0 rings (SSSR count). The molecule has 0 fully saturated rings. The first kappa shape index (κ1) is 27.8. The van der Waals surface area contributed by atoms with Crippen molar-refractivity contribution < 1.29 is 39.0 Å². The average molecular weight is 445 g/mol. The van der Waals surface area contributed by atoms with Crippen molar-refractivity contribution in [3.05, 3.63) is 0 Å². The van der Waals surface area contributed by atoms with Crippen molar-refractivity contribution in [1.29, 1.82) is 0 Å². The number of nitrogens with two attached hydrogens (primary N) is 2. The molecule has 0 saturated heterocycles. The SMILES string of the molecule is CC(C)CC(NC(=O)C(N)CCC(=O)O)C(=O)NC(CC(N)=O)C(=O)NC(C)C(=O)O. The number of carboxylic acid groups (broad SMARTS) is 2. The topological polar surface area (TPSA) is 231 Å². The first-order valence-electron chi connectivity index (χ1n) is 9.64. The van der Waals surface area contributed by atoms with E-state index in [0.29, 0.717) is 0 Å². The monoisotopic (exact) mass is 445 g/mol. The van der Waals surface area contributed by atoms with E-state index in [-0.39, 0.29) is 25.2 Å². The van der Waals surface area contributed by atoms with Crippen molar-refractivity contribution in [2.24, 2.45) is 17.4 Å². The van der Waals surface area contributed by atoms with E-state index in [1.54, 1.807) is 13.8 Å². The van der Waals surface area contributed by atoms with Gasteiger partial charge in [0.05, 0.1) is 12.5 Å². The number of aliphatic carboxylic acids is 2. The number of hydrogen-bond acceptors (Lipinski definition) is 7. The van der Waals surface area contributed by atoms with E-state index in [2.05, 4.69) is 16.0 Å². The van der Waals surface area contributed by atoms with E-state index in [0.717, 1.165) is 0 Å². The lowest BCUT2D eigenvalue weighted by Gasteiger charge is -2.25. The Morgan fingerprint density at radius 1 is 0.839 bits per heavy atom. The lowest BCUT2D eigenvalue weighted by atomic mass is 10.0. The van der Waals surface area contributed by atoms with Gasteiger partial charge in [-0.3, -0.25) is 28.8 Å². The molecule has 0 heterocycles. The molecule has 31 heavy (non-hydrogen) atoms. The van der Waals surface area contributed by atoms with Crippen LogP contribution in [0.25, 0.3) is 0 Å². The second-order valence-electron chi connectivity index (χ2n) is 7.53. The Bertz CT molecular complexity index is 696. The van der Waals surface area contributed by atoms with Gasteiger partial charge in [0.2, 0.25) is 23.6 Å². The van der Waals surface area contributed by atoms with E-state index in [4.69, 9.17) is 21.7 Å². The Balaban J connectivity index is 5.34. The van der Waals surface area contributed by atoms with Crippen molar-refractivity contribution >= 4 is 35.6 Å². The summed E-state index contributed by atoms with van der Waals surface area (Å²) in [5, 5.41) is 24.4. The minimum Gasteiger partial charge on any atom is -0.481 e. The Morgan fingerprint density at radius 3 is 1.81 bits per heavy atom. The number of carbonyl (C=O) groups is 6. The summed E-state index contributed by atoms with van der Waals surface area (Å²) in [7, 11) is 0. The van der Waals surface area contributed by atoms with Gasteiger partial charge in [-0.1, -0.05) is 13.8 Å². The normalized spacial score (nSPS) is 14.6. The summed E-state index contributed by atoms with van der Waals surface area (Å²) in [5.41, 5.74) is 10.8. The third-order valence-corrected chi connectivity index (χ3v) is 4.11. The van der Waals surface area contributed by atoms with Crippen molar-refractivity contribution in [2.75, 3.05) is 0 Å². The van der Waals surface area contributed by atoms with Crippen LogP contribution in [-0.2, 0) is 28.8 Å². The molecule has 4 atom stereocenters. The molecule has 0 aromatic carbocycles. The molecule has 9 N–H and O–H groups in total. The van der Waals surface area contributed by atoms with Gasteiger partial charge in [-0.2, -0.15) is 0 Å². The highest BCUT2D eigenvalue weighted by Crippen LogP contribution is 2.07. The van der Waals surface area contributed by atoms with Gasteiger partial charge >= 0.3 is 11.9 Å². The summed E-state index contributed by atoms with van der Waals surface area (Å²) in [6, 6.07) is -5.04. The molecule has 0 spiro atoms. The van der Waals surface area contributed by atoms with E-state index >= 15 is 0 Å². The maximum atomic E-state index is 12.7. The second kappa shape index (κ2) is 13.2. The van der Waals surface area contributed by atoms with Crippen LogP contribution in [0.5, 0.6) is 0 Å². The van der Waals surface area contributed by atoms with Crippen LogP contribution in [0.2, 0.25) is 0 Å². The highest BCUT2D eigenvalue weighted by atomic mass is 16.4. The van der Waals surface area contributed by atoms with Gasteiger partial charge < -0.3 is 37.6 Å². The molecule has 0 aromatic rings. The van der Waals surface area contributed by atoms with E-state index in [1.165, 1.54) is 6.92 Å². The van der Waals surface area contributed by atoms with Gasteiger partial charge in [0.25, 0.3) is 0 Å². The second-order valence-corrected chi connectivity index (χ2v) is 7.53. The quantitative estimate of drug-likeness (QED) is 0.151. The van der Waals surface area contributed by atoms with Gasteiger partial charge in [-0.15, -0.1) is 0 Å². The molecule has 13 nitrogen and oxygen atoms in total. The maximum Gasteiger partial charge on any atom is 0.325 e. The Labute approximate surface area is 179 Å². The number of carboxylic acids is 2. The predicted molar refractivity (Wildman–Crippen MR) is 107 cm³/mol. The van der Waals surface area contributed by atoms with Crippen LogP contribution in [-0.4, -0.2) is 69.9 Å². The van der Waals surface area contributed by atoms with Crippen LogP contribution >= 0.6 is 0 Å². The molecular formula is C18H31N5O8. The molecule has 0 aromatic heterocycles. The van der Waals surface area contributed by atoms with Crippen LogP contribution < -0.4 is 27.4 Å². The maximum absolute atomic E-state index is 12.7. The van der Waals surface area contributed by atoms with Crippen LogP contribution in [0.1, 0.15) is 46.5 Å². The first-order valence-corrected chi connectivity index (χ1v) is 9.64. The van der Waals surface area contributed by atoms with Crippen molar-refractivity contribution in [3.8, 4) is 0 Å². The predicted octanol–water partition coefficient (Wildman–Crippen LogP) is -2.34. The van der Waals surface area contributed by atoms with Crippen molar-refractivity contribution in [1.82, 2.24) is 16.0 Å². The Hall–Kier alpha value is -3.22. The summed E-state index contributed by atoms with van der Waals surface area (Å²) >= 11 is 0. The van der Waals surface area contributed by atoms with E-state index in [9.17, 15) is 28.8 Å². The smallest absolute Gasteiger partial charge is 0.325 e. The summed E-state index contributed by atoms with van der Waals surface area (Å²) < 4.78 is 0. The third kappa shape index (κ3) is 11.5. The van der Waals surface area contributed by atoms with Gasteiger partial charge in [0, 0.05) is 6.42 Å². The molecule has 0 radical (unpaired) electrons. The molecule has 0 aliphatic heterocycles. The fraction of sp³-hybridized carbons (Fsp3) is 0.667. The molecule has 0 bridgehead atoms.